The third-order valence-corrected chi connectivity index (χ3v) is 2.44. The van der Waals surface area contributed by atoms with E-state index in [4.69, 9.17) is 18.9 Å². The van der Waals surface area contributed by atoms with Gasteiger partial charge in [-0.2, -0.15) is 0 Å². The average Bonchev–Trinajstić information content (AvgIpc) is 2.44. The van der Waals surface area contributed by atoms with Gasteiger partial charge in [-0.15, -0.1) is 19.7 Å². The number of hydrogen-bond donors (Lipinski definition) is 0. The van der Waals surface area contributed by atoms with Crippen LogP contribution in [0.25, 0.3) is 0 Å². The summed E-state index contributed by atoms with van der Waals surface area (Å²) in [6.07, 6.45) is 8.09. The summed E-state index contributed by atoms with van der Waals surface area (Å²) in [4.78, 5) is 0. The van der Waals surface area contributed by atoms with E-state index in [2.05, 4.69) is 19.7 Å². The van der Waals surface area contributed by atoms with Crippen molar-refractivity contribution in [1.82, 2.24) is 0 Å². The van der Waals surface area contributed by atoms with E-state index in [9.17, 15) is 0 Å². The van der Waals surface area contributed by atoms with Gasteiger partial charge < -0.3 is 18.9 Å². The second kappa shape index (κ2) is 9.69. The quantitative estimate of drug-likeness (QED) is 0.449. The summed E-state index contributed by atoms with van der Waals surface area (Å²) in [6, 6.07) is 0. The van der Waals surface area contributed by atoms with Crippen molar-refractivity contribution in [3.63, 3.8) is 0 Å². The summed E-state index contributed by atoms with van der Waals surface area (Å²) < 4.78 is 22.3. The molecule has 4 nitrogen and oxygen atoms in total. The molecule has 1 aliphatic heterocycles. The molecule has 0 radical (unpaired) electrons. The Balaban J connectivity index is 2.52. The van der Waals surface area contributed by atoms with Crippen LogP contribution in [-0.4, -0.2) is 44.9 Å². The molecule has 0 aromatic heterocycles. The molecule has 19 heavy (non-hydrogen) atoms. The maximum atomic E-state index is 5.77. The van der Waals surface area contributed by atoms with Crippen molar-refractivity contribution >= 4 is 0 Å². The number of rotatable bonds is 10. The zero-order chi connectivity index (χ0) is 13.9. The normalized spacial score (nSPS) is 26.0. The first kappa shape index (κ1) is 15.9. The van der Waals surface area contributed by atoms with E-state index in [1.165, 1.54) is 0 Å². The van der Waals surface area contributed by atoms with Gasteiger partial charge in [0, 0.05) is 0 Å². The second-order valence-electron chi connectivity index (χ2n) is 3.96. The van der Waals surface area contributed by atoms with Crippen LogP contribution >= 0.6 is 0 Å². The highest BCUT2D eigenvalue weighted by atomic mass is 16.7. The Kier molecular flexibility index (Phi) is 8.09. The Bertz CT molecular complexity index is 311. The topological polar surface area (TPSA) is 36.9 Å². The fourth-order valence-corrected chi connectivity index (χ4v) is 1.62. The minimum atomic E-state index is -0.390. The maximum absolute atomic E-state index is 5.77. The largest absolute Gasteiger partial charge is 0.375 e. The number of hydrogen-bond acceptors (Lipinski definition) is 4. The third-order valence-electron chi connectivity index (χ3n) is 2.44. The summed E-state index contributed by atoms with van der Waals surface area (Å²) in [5.74, 6) is 0. The Morgan fingerprint density at radius 2 is 1.63 bits per heavy atom. The first-order valence-electron chi connectivity index (χ1n) is 6.29. The smallest absolute Gasteiger partial charge is 0.177 e. The zero-order valence-electron chi connectivity index (χ0n) is 11.2. The summed E-state index contributed by atoms with van der Waals surface area (Å²) in [5, 5.41) is 0. The summed E-state index contributed by atoms with van der Waals surface area (Å²) >= 11 is 0. The van der Waals surface area contributed by atoms with Gasteiger partial charge in [-0.3, -0.25) is 0 Å². The van der Waals surface area contributed by atoms with Crippen LogP contribution in [0.4, 0.5) is 0 Å². The molecule has 3 atom stereocenters. The summed E-state index contributed by atoms with van der Waals surface area (Å²) in [5.41, 5.74) is 0. The van der Waals surface area contributed by atoms with E-state index < -0.39 is 0 Å². The maximum Gasteiger partial charge on any atom is 0.177 e. The van der Waals surface area contributed by atoms with Gasteiger partial charge in [0.2, 0.25) is 0 Å². The predicted molar refractivity (Wildman–Crippen MR) is 74.9 cm³/mol. The van der Waals surface area contributed by atoms with Crippen molar-refractivity contribution in [2.24, 2.45) is 0 Å². The molecule has 0 spiro atoms. The van der Waals surface area contributed by atoms with Crippen LogP contribution in [0.3, 0.4) is 0 Å². The molecule has 0 aromatic carbocycles. The lowest BCUT2D eigenvalue weighted by Gasteiger charge is -2.31. The molecule has 1 aliphatic rings. The van der Waals surface area contributed by atoms with Crippen molar-refractivity contribution in [3.8, 4) is 0 Å². The number of ether oxygens (including phenoxy) is 4. The molecule has 4 heteroatoms. The van der Waals surface area contributed by atoms with Crippen LogP contribution in [0, 0.1) is 0 Å². The van der Waals surface area contributed by atoms with Gasteiger partial charge >= 0.3 is 0 Å². The van der Waals surface area contributed by atoms with Crippen molar-refractivity contribution < 1.29 is 18.9 Å². The highest BCUT2D eigenvalue weighted by Crippen LogP contribution is 2.17. The molecular weight excluding hydrogens is 244 g/mol. The van der Waals surface area contributed by atoms with Crippen LogP contribution in [0.2, 0.25) is 0 Å². The van der Waals surface area contributed by atoms with Crippen molar-refractivity contribution in [1.29, 1.82) is 0 Å². The van der Waals surface area contributed by atoms with Gasteiger partial charge in [0.15, 0.2) is 6.29 Å². The lowest BCUT2D eigenvalue weighted by atomic mass is 10.1. The van der Waals surface area contributed by atoms with E-state index >= 15 is 0 Å². The second-order valence-corrected chi connectivity index (χ2v) is 3.96. The Morgan fingerprint density at radius 3 is 2.32 bits per heavy atom. The first-order chi connectivity index (χ1) is 9.31. The fraction of sp³-hybridized carbons (Fsp3) is 0.467. The lowest BCUT2D eigenvalue weighted by molar-refractivity contribution is -0.185. The van der Waals surface area contributed by atoms with Gasteiger partial charge in [-0.05, 0) is 6.08 Å². The fourth-order valence-electron chi connectivity index (χ4n) is 1.62. The molecule has 0 bridgehead atoms. The Labute approximate surface area is 115 Å². The predicted octanol–water partition coefficient (Wildman–Crippen LogP) is 2.24. The van der Waals surface area contributed by atoms with Crippen LogP contribution in [-0.2, 0) is 18.9 Å². The molecule has 0 saturated heterocycles. The van der Waals surface area contributed by atoms with E-state index in [1.54, 1.807) is 18.2 Å². The van der Waals surface area contributed by atoms with Gasteiger partial charge in [-0.1, -0.05) is 24.3 Å². The van der Waals surface area contributed by atoms with Crippen LogP contribution in [0.1, 0.15) is 0 Å². The summed E-state index contributed by atoms with van der Waals surface area (Å²) in [7, 11) is 0. The minimum absolute atomic E-state index is 0.161. The molecule has 1 heterocycles. The summed E-state index contributed by atoms with van der Waals surface area (Å²) in [6.45, 7) is 12.7. The average molecular weight is 266 g/mol. The van der Waals surface area contributed by atoms with Crippen LogP contribution in [0.5, 0.6) is 0 Å². The lowest BCUT2D eigenvalue weighted by Crippen LogP contribution is -2.41. The SMILES string of the molecule is C=CCOC[C@H]1O[C@H](OCC=C)C=C[C@@H]1OCC=C. The van der Waals surface area contributed by atoms with Crippen molar-refractivity contribution in [3.05, 3.63) is 50.1 Å². The molecule has 0 fully saturated rings. The molecule has 0 unspecified atom stereocenters. The molecule has 0 saturated carbocycles. The first-order valence-corrected chi connectivity index (χ1v) is 6.29. The Hall–Kier alpha value is -1.20. The van der Waals surface area contributed by atoms with E-state index in [0.717, 1.165) is 0 Å². The van der Waals surface area contributed by atoms with Gasteiger partial charge in [0.25, 0.3) is 0 Å². The molecule has 1 rings (SSSR count). The molecule has 0 N–H and O–H groups in total. The highest BCUT2D eigenvalue weighted by Gasteiger charge is 2.28. The van der Waals surface area contributed by atoms with Gasteiger partial charge in [-0.25, -0.2) is 0 Å². The van der Waals surface area contributed by atoms with Gasteiger partial charge in [0.1, 0.15) is 12.2 Å². The minimum Gasteiger partial charge on any atom is -0.375 e. The molecule has 0 amide bonds. The molecule has 106 valence electrons. The zero-order valence-corrected chi connectivity index (χ0v) is 11.2. The van der Waals surface area contributed by atoms with E-state index in [0.29, 0.717) is 26.4 Å². The van der Waals surface area contributed by atoms with E-state index in [-0.39, 0.29) is 18.5 Å². The monoisotopic (exact) mass is 266 g/mol. The molecule has 0 aliphatic carbocycles. The Morgan fingerprint density at radius 1 is 0.947 bits per heavy atom. The highest BCUT2D eigenvalue weighted by molar-refractivity contribution is 5.01. The molecular formula is C15H22O4. The third kappa shape index (κ3) is 5.98. The molecule has 0 aromatic rings. The van der Waals surface area contributed by atoms with Crippen molar-refractivity contribution in [2.75, 3.05) is 26.4 Å². The van der Waals surface area contributed by atoms with Gasteiger partial charge in [0.05, 0.1) is 26.4 Å². The van der Waals surface area contributed by atoms with Crippen LogP contribution in [0.15, 0.2) is 50.1 Å². The van der Waals surface area contributed by atoms with Crippen LogP contribution < -0.4 is 0 Å². The standard InChI is InChI=1S/C15H22O4/c1-4-9-16-12-14-13(17-10-5-2)7-8-15(19-14)18-11-6-3/h4-8,13-15H,1-3,9-12H2/t13-,14+,15-/m0/s1. The van der Waals surface area contributed by atoms with Crippen molar-refractivity contribution in [2.45, 2.75) is 18.5 Å². The van der Waals surface area contributed by atoms with E-state index in [1.807, 2.05) is 12.2 Å².